The van der Waals surface area contributed by atoms with Crippen LogP contribution in [0.5, 0.6) is 0 Å². The number of hydrogen-bond acceptors (Lipinski definition) is 3. The van der Waals surface area contributed by atoms with Crippen molar-refractivity contribution in [2.24, 2.45) is 11.3 Å². The van der Waals surface area contributed by atoms with E-state index in [1.807, 2.05) is 0 Å². The fourth-order valence-corrected chi connectivity index (χ4v) is 2.34. The molecule has 0 saturated carbocycles. The van der Waals surface area contributed by atoms with Gasteiger partial charge in [0.1, 0.15) is 0 Å². The van der Waals surface area contributed by atoms with Crippen LogP contribution >= 0.6 is 0 Å². The van der Waals surface area contributed by atoms with Crippen molar-refractivity contribution in [1.82, 2.24) is 10.2 Å². The molecule has 17 heavy (non-hydrogen) atoms. The zero-order valence-electron chi connectivity index (χ0n) is 11.8. The topological polar surface area (TPSA) is 35.5 Å². The van der Waals surface area contributed by atoms with Gasteiger partial charge in [-0.1, -0.05) is 13.8 Å². The van der Waals surface area contributed by atoms with Crippen LogP contribution in [0.1, 0.15) is 39.5 Å². The van der Waals surface area contributed by atoms with Gasteiger partial charge < -0.3 is 15.3 Å². The molecule has 1 saturated heterocycles. The second kappa shape index (κ2) is 7.34. The predicted molar refractivity (Wildman–Crippen MR) is 73.2 cm³/mol. The van der Waals surface area contributed by atoms with Crippen molar-refractivity contribution in [3.8, 4) is 0 Å². The standard InChI is InChI=1S/C14H30N2O/c1-4-14(2,12-17)11-15-8-5-13-6-9-16(3)10-7-13/h13,15,17H,4-12H2,1-3H3. The molecule has 1 heterocycles. The molecule has 0 aromatic rings. The molecule has 0 amide bonds. The number of hydrogen-bond donors (Lipinski definition) is 2. The van der Waals surface area contributed by atoms with Crippen LogP contribution < -0.4 is 5.32 Å². The molecule has 0 aromatic carbocycles. The van der Waals surface area contributed by atoms with E-state index in [0.29, 0.717) is 0 Å². The number of aliphatic hydroxyl groups excluding tert-OH is 1. The summed E-state index contributed by atoms with van der Waals surface area (Å²) in [6, 6.07) is 0. The Hall–Kier alpha value is -0.120. The third-order valence-corrected chi connectivity index (χ3v) is 4.35. The second-order valence-corrected chi connectivity index (χ2v) is 6.03. The largest absolute Gasteiger partial charge is 0.396 e. The highest BCUT2D eigenvalue weighted by molar-refractivity contribution is 4.75. The average Bonchev–Trinajstić information content (AvgIpc) is 2.36. The van der Waals surface area contributed by atoms with Crippen LogP contribution in [0.15, 0.2) is 0 Å². The molecule has 1 aliphatic heterocycles. The van der Waals surface area contributed by atoms with Crippen molar-refractivity contribution in [2.75, 3.05) is 39.8 Å². The fourth-order valence-electron chi connectivity index (χ4n) is 2.34. The van der Waals surface area contributed by atoms with Crippen LogP contribution in [0.3, 0.4) is 0 Å². The molecule has 0 aromatic heterocycles. The average molecular weight is 242 g/mol. The number of rotatable bonds is 7. The third kappa shape index (κ3) is 5.36. The van der Waals surface area contributed by atoms with Gasteiger partial charge in [0, 0.05) is 18.6 Å². The molecule has 0 radical (unpaired) electrons. The van der Waals surface area contributed by atoms with Crippen LogP contribution in [-0.2, 0) is 0 Å². The zero-order chi connectivity index (χ0) is 12.7. The van der Waals surface area contributed by atoms with Crippen molar-refractivity contribution in [2.45, 2.75) is 39.5 Å². The molecule has 1 unspecified atom stereocenters. The summed E-state index contributed by atoms with van der Waals surface area (Å²) < 4.78 is 0. The number of aliphatic hydroxyl groups is 1. The first-order valence-corrected chi connectivity index (χ1v) is 7.10. The van der Waals surface area contributed by atoms with E-state index >= 15 is 0 Å². The molecule has 102 valence electrons. The van der Waals surface area contributed by atoms with E-state index in [1.54, 1.807) is 0 Å². The summed E-state index contributed by atoms with van der Waals surface area (Å²) in [7, 11) is 2.21. The van der Waals surface area contributed by atoms with E-state index in [2.05, 4.69) is 31.1 Å². The van der Waals surface area contributed by atoms with Gasteiger partial charge in [-0.25, -0.2) is 0 Å². The molecule has 1 aliphatic rings. The summed E-state index contributed by atoms with van der Waals surface area (Å²) in [6.45, 7) is 9.13. The zero-order valence-corrected chi connectivity index (χ0v) is 11.8. The van der Waals surface area contributed by atoms with E-state index in [0.717, 1.165) is 25.4 Å². The summed E-state index contributed by atoms with van der Waals surface area (Å²) >= 11 is 0. The van der Waals surface area contributed by atoms with Crippen LogP contribution in [0, 0.1) is 11.3 Å². The summed E-state index contributed by atoms with van der Waals surface area (Å²) in [4.78, 5) is 2.42. The Kier molecular flexibility index (Phi) is 6.45. The van der Waals surface area contributed by atoms with Gasteiger partial charge >= 0.3 is 0 Å². The minimum atomic E-state index is 0.0623. The maximum atomic E-state index is 9.32. The molecule has 2 N–H and O–H groups in total. The van der Waals surface area contributed by atoms with E-state index in [-0.39, 0.29) is 12.0 Å². The van der Waals surface area contributed by atoms with Gasteiger partial charge in [0.15, 0.2) is 0 Å². The molecule has 1 fully saturated rings. The van der Waals surface area contributed by atoms with E-state index < -0.39 is 0 Å². The van der Waals surface area contributed by atoms with E-state index in [9.17, 15) is 5.11 Å². The molecule has 3 nitrogen and oxygen atoms in total. The lowest BCUT2D eigenvalue weighted by molar-refractivity contribution is 0.134. The SMILES string of the molecule is CCC(C)(CO)CNCCC1CCN(C)CC1. The first kappa shape index (κ1) is 14.9. The van der Waals surface area contributed by atoms with Crippen LogP contribution in [0.25, 0.3) is 0 Å². The number of likely N-dealkylation sites (tertiary alicyclic amines) is 1. The lowest BCUT2D eigenvalue weighted by Gasteiger charge is -2.30. The van der Waals surface area contributed by atoms with Crippen LogP contribution in [-0.4, -0.2) is 49.8 Å². The highest BCUT2D eigenvalue weighted by atomic mass is 16.3. The van der Waals surface area contributed by atoms with Gasteiger partial charge in [-0.15, -0.1) is 0 Å². The smallest absolute Gasteiger partial charge is 0.0496 e. The van der Waals surface area contributed by atoms with Crippen LogP contribution in [0.4, 0.5) is 0 Å². The van der Waals surface area contributed by atoms with E-state index in [4.69, 9.17) is 0 Å². The molecule has 1 atom stereocenters. The fraction of sp³-hybridized carbons (Fsp3) is 1.00. The van der Waals surface area contributed by atoms with Crippen molar-refractivity contribution in [3.63, 3.8) is 0 Å². The summed E-state index contributed by atoms with van der Waals surface area (Å²) in [5.41, 5.74) is 0.0623. The van der Waals surface area contributed by atoms with Crippen molar-refractivity contribution in [1.29, 1.82) is 0 Å². The Balaban J connectivity index is 2.08. The number of nitrogens with zero attached hydrogens (tertiary/aromatic N) is 1. The molecule has 0 spiro atoms. The minimum absolute atomic E-state index is 0.0623. The molecule has 0 bridgehead atoms. The Morgan fingerprint density at radius 2 is 2.00 bits per heavy atom. The predicted octanol–water partition coefficient (Wildman–Crippen LogP) is 1.72. The summed E-state index contributed by atoms with van der Waals surface area (Å²) in [5.74, 6) is 0.903. The minimum Gasteiger partial charge on any atom is -0.396 e. The second-order valence-electron chi connectivity index (χ2n) is 6.03. The highest BCUT2D eigenvalue weighted by Gasteiger charge is 2.21. The Bertz CT molecular complexity index is 196. The highest BCUT2D eigenvalue weighted by Crippen LogP contribution is 2.20. The van der Waals surface area contributed by atoms with Crippen LogP contribution in [0.2, 0.25) is 0 Å². The van der Waals surface area contributed by atoms with Gasteiger partial charge in [-0.05, 0) is 58.3 Å². The number of piperidine rings is 1. The molecular formula is C14H30N2O. The van der Waals surface area contributed by atoms with Crippen molar-refractivity contribution in [3.05, 3.63) is 0 Å². The maximum absolute atomic E-state index is 9.32. The van der Waals surface area contributed by atoms with Gasteiger partial charge in [0.25, 0.3) is 0 Å². The first-order chi connectivity index (χ1) is 8.09. The maximum Gasteiger partial charge on any atom is 0.0496 e. The van der Waals surface area contributed by atoms with Gasteiger partial charge in [-0.2, -0.15) is 0 Å². The monoisotopic (exact) mass is 242 g/mol. The first-order valence-electron chi connectivity index (χ1n) is 7.10. The lowest BCUT2D eigenvalue weighted by Crippen LogP contribution is -2.36. The molecule has 0 aliphatic carbocycles. The van der Waals surface area contributed by atoms with Gasteiger partial charge in [0.05, 0.1) is 0 Å². The Morgan fingerprint density at radius 1 is 1.35 bits per heavy atom. The lowest BCUT2D eigenvalue weighted by atomic mass is 9.88. The third-order valence-electron chi connectivity index (χ3n) is 4.35. The molecular weight excluding hydrogens is 212 g/mol. The van der Waals surface area contributed by atoms with Crippen molar-refractivity contribution >= 4 is 0 Å². The van der Waals surface area contributed by atoms with Gasteiger partial charge in [0.2, 0.25) is 0 Å². The molecule has 3 heteroatoms. The Labute approximate surface area is 107 Å². The normalized spacial score (nSPS) is 22.6. The number of nitrogens with one attached hydrogen (secondary N) is 1. The summed E-state index contributed by atoms with van der Waals surface area (Å²) in [6.07, 6.45) is 5.02. The molecule has 1 rings (SSSR count). The summed E-state index contributed by atoms with van der Waals surface area (Å²) in [5, 5.41) is 12.8. The Morgan fingerprint density at radius 3 is 2.53 bits per heavy atom. The van der Waals surface area contributed by atoms with E-state index in [1.165, 1.54) is 32.4 Å². The van der Waals surface area contributed by atoms with Gasteiger partial charge in [-0.3, -0.25) is 0 Å². The quantitative estimate of drug-likeness (QED) is 0.667. The van der Waals surface area contributed by atoms with Crippen molar-refractivity contribution < 1.29 is 5.11 Å².